The third-order valence-corrected chi connectivity index (χ3v) is 6.83. The van der Waals surface area contributed by atoms with E-state index in [-0.39, 0.29) is 11.3 Å². The molecule has 0 aliphatic carbocycles. The van der Waals surface area contributed by atoms with Crippen LogP contribution in [0.4, 0.5) is 0 Å². The Hall–Kier alpha value is -2.34. The number of piperidine rings is 1. The predicted molar refractivity (Wildman–Crippen MR) is 120 cm³/mol. The number of rotatable bonds is 6. The molecular weight excluding hydrogens is 390 g/mol. The van der Waals surface area contributed by atoms with Crippen molar-refractivity contribution in [1.82, 2.24) is 15.0 Å². The highest BCUT2D eigenvalue weighted by Gasteiger charge is 2.42. The van der Waals surface area contributed by atoms with Crippen molar-refractivity contribution < 1.29 is 14.1 Å². The highest BCUT2D eigenvalue weighted by molar-refractivity contribution is 5.96. The van der Waals surface area contributed by atoms with Gasteiger partial charge in [-0.2, -0.15) is 0 Å². The second kappa shape index (κ2) is 9.03. The maximum atomic E-state index is 13.0. The number of aryl methyl sites for hydroxylation is 2. The molecule has 0 atom stereocenters. The molecule has 2 aliphatic rings. The third kappa shape index (κ3) is 4.79. The molecule has 168 valence electrons. The van der Waals surface area contributed by atoms with Crippen molar-refractivity contribution in [3.8, 4) is 5.75 Å². The highest BCUT2D eigenvalue weighted by atomic mass is 16.5. The summed E-state index contributed by atoms with van der Waals surface area (Å²) in [5, 5.41) is 3.95. The van der Waals surface area contributed by atoms with E-state index in [1.54, 1.807) is 0 Å². The van der Waals surface area contributed by atoms with Gasteiger partial charge in [-0.1, -0.05) is 37.2 Å². The summed E-state index contributed by atoms with van der Waals surface area (Å²) >= 11 is 0. The van der Waals surface area contributed by atoms with Crippen LogP contribution in [-0.2, 0) is 6.54 Å². The minimum atomic E-state index is 0.0757. The van der Waals surface area contributed by atoms with E-state index in [0.717, 1.165) is 64.3 Å². The summed E-state index contributed by atoms with van der Waals surface area (Å²) in [6.45, 7) is 13.5. The second-order valence-electron chi connectivity index (χ2n) is 9.76. The average molecular weight is 426 g/mol. The van der Waals surface area contributed by atoms with Crippen molar-refractivity contribution in [3.05, 3.63) is 46.8 Å². The van der Waals surface area contributed by atoms with Gasteiger partial charge in [-0.05, 0) is 63.6 Å². The molecule has 2 fully saturated rings. The number of carbonyl (C=O) groups excluding carboxylic acids is 1. The number of aromatic nitrogens is 1. The lowest BCUT2D eigenvalue weighted by Crippen LogP contribution is -2.42. The number of carbonyl (C=O) groups is 1. The van der Waals surface area contributed by atoms with Gasteiger partial charge in [-0.15, -0.1) is 0 Å². The molecule has 0 radical (unpaired) electrons. The first kappa shape index (κ1) is 21.9. The van der Waals surface area contributed by atoms with Crippen molar-refractivity contribution in [2.75, 3.05) is 32.8 Å². The zero-order valence-electron chi connectivity index (χ0n) is 19.3. The van der Waals surface area contributed by atoms with Crippen LogP contribution in [0.1, 0.15) is 60.5 Å². The lowest BCUT2D eigenvalue weighted by Gasteiger charge is -2.39. The molecule has 2 aromatic rings. The van der Waals surface area contributed by atoms with Gasteiger partial charge in [0.2, 0.25) is 0 Å². The summed E-state index contributed by atoms with van der Waals surface area (Å²) in [6.07, 6.45) is 3.35. The van der Waals surface area contributed by atoms with E-state index in [1.807, 2.05) is 24.8 Å². The van der Waals surface area contributed by atoms with E-state index >= 15 is 0 Å². The van der Waals surface area contributed by atoms with E-state index in [9.17, 15) is 4.79 Å². The van der Waals surface area contributed by atoms with Crippen molar-refractivity contribution in [2.45, 2.75) is 53.5 Å². The topological polar surface area (TPSA) is 58.8 Å². The molecule has 1 aromatic carbocycles. The molecular formula is C25H35N3O3. The average Bonchev–Trinajstić information content (AvgIpc) is 3.32. The van der Waals surface area contributed by atoms with Gasteiger partial charge >= 0.3 is 0 Å². The van der Waals surface area contributed by atoms with Crippen molar-refractivity contribution in [3.63, 3.8) is 0 Å². The number of hydrogen-bond donors (Lipinski definition) is 0. The number of hydrogen-bond acceptors (Lipinski definition) is 5. The van der Waals surface area contributed by atoms with Crippen LogP contribution in [0.2, 0.25) is 0 Å². The van der Waals surface area contributed by atoms with E-state index in [1.165, 1.54) is 5.56 Å². The van der Waals surface area contributed by atoms with Crippen LogP contribution in [0.25, 0.3) is 0 Å². The van der Waals surface area contributed by atoms with Crippen LogP contribution in [0.15, 0.2) is 28.8 Å². The van der Waals surface area contributed by atoms with E-state index in [2.05, 4.69) is 42.1 Å². The largest absolute Gasteiger partial charge is 0.493 e. The molecule has 6 heteroatoms. The summed E-state index contributed by atoms with van der Waals surface area (Å²) in [4.78, 5) is 17.6. The fourth-order valence-corrected chi connectivity index (χ4v) is 4.92. The normalized spacial score (nSPS) is 18.8. The van der Waals surface area contributed by atoms with Gasteiger partial charge in [0.1, 0.15) is 17.1 Å². The first-order valence-corrected chi connectivity index (χ1v) is 11.5. The molecule has 6 nitrogen and oxygen atoms in total. The summed E-state index contributed by atoms with van der Waals surface area (Å²) < 4.78 is 11.3. The first-order chi connectivity index (χ1) is 14.9. The van der Waals surface area contributed by atoms with E-state index < -0.39 is 0 Å². The Morgan fingerprint density at radius 2 is 1.87 bits per heavy atom. The minimum absolute atomic E-state index is 0.0757. The number of nitrogens with zero attached hydrogens (tertiary/aromatic N) is 3. The smallest absolute Gasteiger partial charge is 0.259 e. The number of benzene rings is 1. The molecule has 3 heterocycles. The fraction of sp³-hybridized carbons (Fsp3) is 0.600. The maximum Gasteiger partial charge on any atom is 0.259 e. The Labute approximate surface area is 185 Å². The molecule has 31 heavy (non-hydrogen) atoms. The lowest BCUT2D eigenvalue weighted by atomic mass is 9.77. The van der Waals surface area contributed by atoms with Crippen LogP contribution in [0.3, 0.4) is 0 Å². The lowest BCUT2D eigenvalue weighted by molar-refractivity contribution is 0.0710. The quantitative estimate of drug-likeness (QED) is 0.684. The van der Waals surface area contributed by atoms with E-state index in [0.29, 0.717) is 22.9 Å². The molecule has 1 amide bonds. The molecule has 1 spiro atoms. The Kier molecular flexibility index (Phi) is 6.37. The molecule has 2 saturated heterocycles. The number of ether oxygens (including phenoxy) is 1. The molecule has 1 aromatic heterocycles. The zero-order chi connectivity index (χ0) is 22.0. The summed E-state index contributed by atoms with van der Waals surface area (Å²) in [5.41, 5.74) is 2.85. The van der Waals surface area contributed by atoms with Crippen LogP contribution >= 0.6 is 0 Å². The van der Waals surface area contributed by atoms with Gasteiger partial charge in [-0.3, -0.25) is 9.69 Å². The summed E-state index contributed by atoms with van der Waals surface area (Å²) in [7, 11) is 0. The zero-order valence-corrected chi connectivity index (χ0v) is 19.3. The minimum Gasteiger partial charge on any atom is -0.493 e. The van der Waals surface area contributed by atoms with Crippen LogP contribution in [0.5, 0.6) is 5.75 Å². The molecule has 4 rings (SSSR count). The summed E-state index contributed by atoms with van der Waals surface area (Å²) in [6, 6.07) is 8.41. The Bertz CT molecular complexity index is 893. The fourth-order valence-electron chi connectivity index (χ4n) is 4.92. The van der Waals surface area contributed by atoms with Crippen LogP contribution in [0, 0.1) is 25.2 Å². The number of amides is 1. The van der Waals surface area contributed by atoms with Gasteiger partial charge in [0.15, 0.2) is 0 Å². The Balaban J connectivity index is 1.34. The molecule has 0 bridgehead atoms. The number of para-hydroxylation sites is 1. The van der Waals surface area contributed by atoms with Gasteiger partial charge in [-0.25, -0.2) is 0 Å². The van der Waals surface area contributed by atoms with Gasteiger partial charge in [0.25, 0.3) is 5.91 Å². The molecule has 2 aliphatic heterocycles. The second-order valence-corrected chi connectivity index (χ2v) is 9.76. The SMILES string of the molecule is Cc1noc(C)c1C(=O)N1CCC2(CCN(Cc3ccccc3OCC(C)C)CC2)C1. The number of likely N-dealkylation sites (tertiary alicyclic amines) is 2. The van der Waals surface area contributed by atoms with Crippen molar-refractivity contribution >= 4 is 5.91 Å². The van der Waals surface area contributed by atoms with Crippen LogP contribution < -0.4 is 4.74 Å². The summed E-state index contributed by atoms with van der Waals surface area (Å²) in [5.74, 6) is 2.22. The third-order valence-electron chi connectivity index (χ3n) is 6.83. The van der Waals surface area contributed by atoms with Crippen LogP contribution in [-0.4, -0.2) is 53.6 Å². The molecule has 0 N–H and O–H groups in total. The van der Waals surface area contributed by atoms with Crippen molar-refractivity contribution in [1.29, 1.82) is 0 Å². The Morgan fingerprint density at radius 1 is 1.16 bits per heavy atom. The van der Waals surface area contributed by atoms with Gasteiger partial charge in [0, 0.05) is 25.2 Å². The van der Waals surface area contributed by atoms with Gasteiger partial charge < -0.3 is 14.2 Å². The van der Waals surface area contributed by atoms with E-state index in [4.69, 9.17) is 9.26 Å². The monoisotopic (exact) mass is 425 g/mol. The van der Waals surface area contributed by atoms with Crippen molar-refractivity contribution in [2.24, 2.45) is 11.3 Å². The Morgan fingerprint density at radius 3 is 2.55 bits per heavy atom. The van der Waals surface area contributed by atoms with Gasteiger partial charge in [0.05, 0.1) is 12.3 Å². The molecule has 0 saturated carbocycles. The predicted octanol–water partition coefficient (Wildman–Crippen LogP) is 4.45. The molecule has 0 unspecified atom stereocenters. The highest BCUT2D eigenvalue weighted by Crippen LogP contribution is 2.41. The standard InChI is InChI=1S/C25H35N3O3/c1-18(2)16-30-22-8-6-5-7-21(22)15-27-12-9-25(10-13-27)11-14-28(17-25)24(29)23-19(3)26-31-20(23)4/h5-8,18H,9-17H2,1-4H3. The first-order valence-electron chi connectivity index (χ1n) is 11.5. The maximum absolute atomic E-state index is 13.0.